The van der Waals surface area contributed by atoms with E-state index in [2.05, 4.69) is 5.32 Å². The predicted octanol–water partition coefficient (Wildman–Crippen LogP) is 4.73. The van der Waals surface area contributed by atoms with Gasteiger partial charge in [0, 0.05) is 18.7 Å². The molecule has 0 bridgehead atoms. The number of nitrogens with zero attached hydrogens (tertiary/aromatic N) is 1. The highest BCUT2D eigenvalue weighted by Gasteiger charge is 2.31. The summed E-state index contributed by atoms with van der Waals surface area (Å²) >= 11 is 1.57. The number of fused-ring (bicyclic) bond motifs is 1. The maximum atomic E-state index is 14.2. The average Bonchev–Trinajstić information content (AvgIpc) is 3.31. The highest BCUT2D eigenvalue weighted by molar-refractivity contribution is 7.07. The SMILES string of the molecule is CNC(=O)C1=C(O)c2ccc(OCc3ccsc3)cc2N(Cc2ccc(C)c(F)c2)C(=O)C1. The lowest BCUT2D eigenvalue weighted by molar-refractivity contribution is -0.121. The van der Waals surface area contributed by atoms with Crippen molar-refractivity contribution in [3.8, 4) is 5.75 Å². The summed E-state index contributed by atoms with van der Waals surface area (Å²) in [5.74, 6) is -1.05. The van der Waals surface area contributed by atoms with Crippen LogP contribution in [0.4, 0.5) is 10.1 Å². The van der Waals surface area contributed by atoms with E-state index < -0.39 is 11.8 Å². The second-order valence-electron chi connectivity index (χ2n) is 7.75. The predicted molar refractivity (Wildman–Crippen MR) is 126 cm³/mol. The number of thiophene rings is 1. The number of hydrogen-bond donors (Lipinski definition) is 2. The molecule has 0 fully saturated rings. The average molecular weight is 467 g/mol. The molecular formula is C25H23FN2O4S. The number of amides is 2. The van der Waals surface area contributed by atoms with Crippen molar-refractivity contribution < 1.29 is 23.8 Å². The summed E-state index contributed by atoms with van der Waals surface area (Å²) in [6, 6.07) is 11.7. The molecule has 4 rings (SSSR count). The van der Waals surface area contributed by atoms with Crippen molar-refractivity contribution in [3.05, 3.63) is 86.9 Å². The number of carbonyl (C=O) groups is 2. The summed E-state index contributed by atoms with van der Waals surface area (Å²) in [5.41, 5.74) is 2.81. The first-order chi connectivity index (χ1) is 15.9. The Balaban J connectivity index is 1.75. The van der Waals surface area contributed by atoms with E-state index in [1.807, 2.05) is 16.8 Å². The molecule has 2 amide bonds. The number of halogens is 1. The van der Waals surface area contributed by atoms with Crippen LogP contribution >= 0.6 is 11.3 Å². The molecule has 6 nitrogen and oxygen atoms in total. The third-order valence-electron chi connectivity index (χ3n) is 5.49. The van der Waals surface area contributed by atoms with Gasteiger partial charge in [0.15, 0.2) is 0 Å². The van der Waals surface area contributed by atoms with Crippen molar-refractivity contribution in [2.75, 3.05) is 11.9 Å². The number of hydrogen-bond acceptors (Lipinski definition) is 5. The second-order valence-corrected chi connectivity index (χ2v) is 8.53. The number of carbonyl (C=O) groups excluding carboxylic acids is 2. The molecule has 2 N–H and O–H groups in total. The number of likely N-dealkylation sites (N-methyl/N-ethyl adjacent to an activating group) is 1. The van der Waals surface area contributed by atoms with Gasteiger partial charge in [-0.2, -0.15) is 11.3 Å². The van der Waals surface area contributed by atoms with Crippen molar-refractivity contribution in [1.82, 2.24) is 5.32 Å². The minimum Gasteiger partial charge on any atom is -0.507 e. The van der Waals surface area contributed by atoms with Crippen molar-refractivity contribution >= 4 is 34.6 Å². The van der Waals surface area contributed by atoms with Gasteiger partial charge in [0.05, 0.1) is 24.2 Å². The van der Waals surface area contributed by atoms with Gasteiger partial charge in [0.2, 0.25) is 5.91 Å². The van der Waals surface area contributed by atoms with Crippen LogP contribution in [0, 0.1) is 12.7 Å². The zero-order chi connectivity index (χ0) is 23.5. The normalized spacial score (nSPS) is 13.5. The van der Waals surface area contributed by atoms with Gasteiger partial charge in [-0.1, -0.05) is 12.1 Å². The van der Waals surface area contributed by atoms with Crippen LogP contribution < -0.4 is 15.0 Å². The molecule has 0 spiro atoms. The second kappa shape index (κ2) is 9.46. The van der Waals surface area contributed by atoms with Gasteiger partial charge in [-0.15, -0.1) is 0 Å². The van der Waals surface area contributed by atoms with Crippen molar-refractivity contribution in [2.45, 2.75) is 26.5 Å². The molecule has 0 radical (unpaired) electrons. The zero-order valence-corrected chi connectivity index (χ0v) is 19.0. The topological polar surface area (TPSA) is 78.9 Å². The molecule has 2 aromatic carbocycles. The van der Waals surface area contributed by atoms with Gasteiger partial charge >= 0.3 is 0 Å². The number of anilines is 1. The lowest BCUT2D eigenvalue weighted by Crippen LogP contribution is -2.31. The van der Waals surface area contributed by atoms with Gasteiger partial charge < -0.3 is 20.1 Å². The van der Waals surface area contributed by atoms with E-state index >= 15 is 0 Å². The Kier molecular flexibility index (Phi) is 6.46. The summed E-state index contributed by atoms with van der Waals surface area (Å²) in [4.78, 5) is 27.0. The molecule has 0 atom stereocenters. The van der Waals surface area contributed by atoms with Crippen LogP contribution in [-0.4, -0.2) is 24.0 Å². The van der Waals surface area contributed by atoms with Gasteiger partial charge in [0.1, 0.15) is 23.9 Å². The van der Waals surface area contributed by atoms with E-state index in [0.717, 1.165) is 5.56 Å². The van der Waals surface area contributed by atoms with Gasteiger partial charge in [0.25, 0.3) is 5.91 Å². The molecular weight excluding hydrogens is 443 g/mol. The first-order valence-electron chi connectivity index (χ1n) is 10.3. The molecule has 0 unspecified atom stereocenters. The van der Waals surface area contributed by atoms with Crippen molar-refractivity contribution in [1.29, 1.82) is 0 Å². The Morgan fingerprint density at radius 3 is 2.73 bits per heavy atom. The zero-order valence-electron chi connectivity index (χ0n) is 18.2. The fourth-order valence-electron chi connectivity index (χ4n) is 3.62. The number of aliphatic hydroxyl groups is 1. The molecule has 170 valence electrons. The summed E-state index contributed by atoms with van der Waals surface area (Å²) in [6.07, 6.45) is -0.292. The highest BCUT2D eigenvalue weighted by atomic mass is 32.1. The maximum Gasteiger partial charge on any atom is 0.251 e. The number of aryl methyl sites for hydroxylation is 1. The fourth-order valence-corrected chi connectivity index (χ4v) is 4.28. The van der Waals surface area contributed by atoms with E-state index in [4.69, 9.17) is 4.74 Å². The monoisotopic (exact) mass is 466 g/mol. The van der Waals surface area contributed by atoms with E-state index in [9.17, 15) is 19.1 Å². The number of aliphatic hydroxyl groups excluding tert-OH is 1. The Morgan fingerprint density at radius 2 is 2.03 bits per heavy atom. The number of benzene rings is 2. The standard InChI is InChI=1S/C25H23FN2O4S/c1-15-3-4-16(9-21(15)26)12-28-22-10-18(32-13-17-7-8-33-14-17)5-6-19(22)24(30)20(11-23(28)29)25(31)27-2/h3-10,14,30H,11-13H2,1-2H3,(H,27,31). The molecule has 0 saturated heterocycles. The van der Waals surface area contributed by atoms with Gasteiger partial charge in [-0.3, -0.25) is 9.59 Å². The fraction of sp³-hybridized carbons (Fsp3) is 0.200. The van der Waals surface area contributed by atoms with E-state index in [1.165, 1.54) is 18.0 Å². The van der Waals surface area contributed by atoms with E-state index in [1.54, 1.807) is 48.6 Å². The quantitative estimate of drug-likeness (QED) is 0.551. The largest absolute Gasteiger partial charge is 0.507 e. The third kappa shape index (κ3) is 4.75. The molecule has 0 saturated carbocycles. The van der Waals surface area contributed by atoms with Crippen LogP contribution in [0.5, 0.6) is 5.75 Å². The third-order valence-corrected chi connectivity index (χ3v) is 6.23. The molecule has 1 aromatic heterocycles. The summed E-state index contributed by atoms with van der Waals surface area (Å²) in [7, 11) is 1.44. The van der Waals surface area contributed by atoms with E-state index in [-0.39, 0.29) is 30.1 Å². The molecule has 8 heteroatoms. The Labute approximate surface area is 194 Å². The van der Waals surface area contributed by atoms with Crippen molar-refractivity contribution in [3.63, 3.8) is 0 Å². The van der Waals surface area contributed by atoms with Crippen LogP contribution in [0.1, 0.15) is 28.7 Å². The van der Waals surface area contributed by atoms with Crippen molar-refractivity contribution in [2.24, 2.45) is 0 Å². The van der Waals surface area contributed by atoms with Crippen LogP contribution in [0.3, 0.4) is 0 Å². The summed E-state index contributed by atoms with van der Waals surface area (Å²) in [6.45, 7) is 2.09. The highest BCUT2D eigenvalue weighted by Crippen LogP contribution is 2.37. The van der Waals surface area contributed by atoms with Crippen LogP contribution in [0.2, 0.25) is 0 Å². The van der Waals surface area contributed by atoms with E-state index in [0.29, 0.717) is 34.7 Å². The van der Waals surface area contributed by atoms with Gasteiger partial charge in [-0.25, -0.2) is 4.39 Å². The minimum absolute atomic E-state index is 0.0201. The Bertz CT molecular complexity index is 1240. The molecule has 1 aliphatic heterocycles. The molecule has 33 heavy (non-hydrogen) atoms. The molecule has 1 aliphatic rings. The first kappa shape index (κ1) is 22.5. The summed E-state index contributed by atoms with van der Waals surface area (Å²) < 4.78 is 20.0. The Morgan fingerprint density at radius 1 is 1.21 bits per heavy atom. The maximum absolute atomic E-state index is 14.2. The minimum atomic E-state index is -0.534. The smallest absolute Gasteiger partial charge is 0.251 e. The number of rotatable bonds is 6. The first-order valence-corrected chi connectivity index (χ1v) is 11.3. The number of nitrogens with one attached hydrogen (secondary N) is 1. The van der Waals surface area contributed by atoms with Crippen LogP contribution in [0.15, 0.2) is 58.8 Å². The van der Waals surface area contributed by atoms with Gasteiger partial charge in [-0.05, 0) is 58.6 Å². The molecule has 2 heterocycles. The van der Waals surface area contributed by atoms with Crippen LogP contribution in [0.25, 0.3) is 5.76 Å². The Hall–Kier alpha value is -3.65. The van der Waals surface area contributed by atoms with Crippen LogP contribution in [-0.2, 0) is 22.7 Å². The lowest BCUT2D eigenvalue weighted by Gasteiger charge is -2.24. The molecule has 0 aliphatic carbocycles. The summed E-state index contributed by atoms with van der Waals surface area (Å²) in [5, 5.41) is 17.3. The lowest BCUT2D eigenvalue weighted by atomic mass is 10.0. The molecule has 3 aromatic rings. The number of ether oxygens (including phenoxy) is 1.